The molecule has 22 heavy (non-hydrogen) atoms. The summed E-state index contributed by atoms with van der Waals surface area (Å²) in [5.41, 5.74) is -0.708. The highest BCUT2D eigenvalue weighted by molar-refractivity contribution is 6.30. The Morgan fingerprint density at radius 1 is 1.09 bits per heavy atom. The second-order valence-corrected chi connectivity index (χ2v) is 4.86. The topological polar surface area (TPSA) is 95.3 Å². The molecule has 0 bridgehead atoms. The number of aromatic nitrogens is 1. The third-order valence-electron chi connectivity index (χ3n) is 3.07. The van der Waals surface area contributed by atoms with E-state index in [1.54, 1.807) is 0 Å². The van der Waals surface area contributed by atoms with Crippen molar-refractivity contribution in [3.8, 4) is 5.69 Å². The fourth-order valence-electron chi connectivity index (χ4n) is 2.04. The summed E-state index contributed by atoms with van der Waals surface area (Å²) >= 11 is 5.77. The van der Waals surface area contributed by atoms with Gasteiger partial charge in [0.25, 0.3) is 11.2 Å². The molecule has 0 aliphatic heterocycles. The van der Waals surface area contributed by atoms with Gasteiger partial charge in [0, 0.05) is 17.2 Å². The van der Waals surface area contributed by atoms with E-state index >= 15 is 0 Å². The van der Waals surface area contributed by atoms with Gasteiger partial charge < -0.3 is 4.42 Å². The predicted molar refractivity (Wildman–Crippen MR) is 79.7 cm³/mol. The lowest BCUT2D eigenvalue weighted by Crippen LogP contribution is -2.30. The van der Waals surface area contributed by atoms with Gasteiger partial charge in [-0.3, -0.25) is 14.9 Å². The molecule has 1 aromatic heterocycles. The Morgan fingerprint density at radius 3 is 2.41 bits per heavy atom. The van der Waals surface area contributed by atoms with E-state index < -0.39 is 16.2 Å². The van der Waals surface area contributed by atoms with E-state index in [0.29, 0.717) is 5.02 Å². The van der Waals surface area contributed by atoms with Crippen molar-refractivity contribution in [1.29, 1.82) is 0 Å². The maximum atomic E-state index is 12.5. The van der Waals surface area contributed by atoms with Crippen molar-refractivity contribution < 1.29 is 9.34 Å². The lowest BCUT2D eigenvalue weighted by molar-refractivity contribution is -0.384. The number of hydrogen-bond donors (Lipinski definition) is 0. The molecule has 0 atom stereocenters. The number of non-ortho nitro benzene ring substituents is 1. The summed E-state index contributed by atoms with van der Waals surface area (Å²) in [6, 6.07) is 9.45. The van der Waals surface area contributed by atoms with Crippen LogP contribution in [0.15, 0.2) is 56.5 Å². The third kappa shape index (κ3) is 2.27. The van der Waals surface area contributed by atoms with Crippen molar-refractivity contribution in [2.24, 2.45) is 0 Å². The van der Waals surface area contributed by atoms with Gasteiger partial charge in [-0.05, 0) is 30.3 Å². The van der Waals surface area contributed by atoms with Crippen LogP contribution in [0.5, 0.6) is 0 Å². The second-order valence-electron chi connectivity index (χ2n) is 4.42. The van der Waals surface area contributed by atoms with Gasteiger partial charge in [-0.2, -0.15) is 0 Å². The van der Waals surface area contributed by atoms with Gasteiger partial charge in [0.2, 0.25) is 0 Å². The zero-order valence-electron chi connectivity index (χ0n) is 10.9. The van der Waals surface area contributed by atoms with Crippen molar-refractivity contribution in [1.82, 2.24) is 4.57 Å². The zero-order valence-corrected chi connectivity index (χ0v) is 11.6. The van der Waals surface area contributed by atoms with Gasteiger partial charge in [0.1, 0.15) is 5.58 Å². The normalized spacial score (nSPS) is 10.8. The Morgan fingerprint density at radius 2 is 1.77 bits per heavy atom. The van der Waals surface area contributed by atoms with Crippen LogP contribution in [0, 0.1) is 10.1 Å². The number of halogens is 1. The molecular formula is C14H7ClN2O5. The molecule has 0 unspecified atom stereocenters. The number of nitrogens with zero attached hydrogens (tertiary/aromatic N) is 2. The highest BCUT2D eigenvalue weighted by Crippen LogP contribution is 2.18. The lowest BCUT2D eigenvalue weighted by Gasteiger charge is -2.05. The van der Waals surface area contributed by atoms with Gasteiger partial charge in [-0.15, -0.1) is 0 Å². The maximum Gasteiger partial charge on any atom is 0.426 e. The number of fused-ring (bicyclic) bond motifs is 1. The van der Waals surface area contributed by atoms with Crippen molar-refractivity contribution in [3.63, 3.8) is 0 Å². The molecule has 0 amide bonds. The van der Waals surface area contributed by atoms with E-state index in [4.69, 9.17) is 16.0 Å². The summed E-state index contributed by atoms with van der Waals surface area (Å²) < 4.78 is 5.84. The molecule has 110 valence electrons. The quantitative estimate of drug-likeness (QED) is 0.534. The molecule has 1 heterocycles. The molecule has 0 aliphatic carbocycles. The van der Waals surface area contributed by atoms with Gasteiger partial charge in [0.15, 0.2) is 0 Å². The standard InChI is InChI=1S/C14H7ClN2O5/c15-8-1-3-9(4-2-8)16-13(18)11-7-10(17(20)21)5-6-12(11)22-14(16)19/h1-7H. The molecule has 0 radical (unpaired) electrons. The summed E-state index contributed by atoms with van der Waals surface area (Å²) in [7, 11) is 0. The van der Waals surface area contributed by atoms with Gasteiger partial charge in [-0.1, -0.05) is 11.6 Å². The van der Waals surface area contributed by atoms with E-state index in [0.717, 1.165) is 16.7 Å². The van der Waals surface area contributed by atoms with Crippen LogP contribution >= 0.6 is 11.6 Å². The van der Waals surface area contributed by atoms with Crippen molar-refractivity contribution >= 4 is 28.3 Å². The van der Waals surface area contributed by atoms with E-state index in [-0.39, 0.29) is 22.3 Å². The molecule has 0 aliphatic rings. The molecule has 8 heteroatoms. The minimum atomic E-state index is -0.881. The average Bonchev–Trinajstić information content (AvgIpc) is 2.48. The molecule has 3 aromatic rings. The maximum absolute atomic E-state index is 12.5. The largest absolute Gasteiger partial charge is 0.426 e. The Labute approximate surface area is 127 Å². The van der Waals surface area contributed by atoms with Gasteiger partial charge in [-0.25, -0.2) is 9.36 Å². The van der Waals surface area contributed by atoms with Crippen molar-refractivity contribution in [2.45, 2.75) is 0 Å². The van der Waals surface area contributed by atoms with Crippen LogP contribution in [-0.2, 0) is 0 Å². The Kier molecular flexibility index (Phi) is 3.26. The molecular weight excluding hydrogens is 312 g/mol. The first-order valence-corrected chi connectivity index (χ1v) is 6.45. The van der Waals surface area contributed by atoms with Crippen LogP contribution in [0.25, 0.3) is 16.7 Å². The summed E-state index contributed by atoms with van der Waals surface area (Å²) in [4.78, 5) is 34.6. The van der Waals surface area contributed by atoms with E-state index in [1.165, 1.54) is 30.3 Å². The SMILES string of the molecule is O=c1oc2ccc([N+](=O)[O-])cc2c(=O)n1-c1ccc(Cl)cc1. The minimum Gasteiger partial charge on any atom is -0.409 e. The zero-order chi connectivity index (χ0) is 15.9. The Balaban J connectivity index is 2.36. The van der Waals surface area contributed by atoms with Gasteiger partial charge >= 0.3 is 5.76 Å². The number of rotatable bonds is 2. The number of nitro groups is 1. The van der Waals surface area contributed by atoms with Gasteiger partial charge in [0.05, 0.1) is 16.0 Å². The average molecular weight is 319 g/mol. The summed E-state index contributed by atoms with van der Waals surface area (Å²) in [6.07, 6.45) is 0. The molecule has 0 saturated heterocycles. The van der Waals surface area contributed by atoms with Crippen molar-refractivity contribution in [3.05, 3.63) is 78.5 Å². The fraction of sp³-hybridized carbons (Fsp3) is 0. The monoisotopic (exact) mass is 318 g/mol. The molecule has 3 rings (SSSR count). The number of nitro benzene ring substituents is 1. The molecule has 0 saturated carbocycles. The van der Waals surface area contributed by atoms with Crippen LogP contribution in [0.4, 0.5) is 5.69 Å². The lowest BCUT2D eigenvalue weighted by atomic mass is 10.2. The first-order valence-electron chi connectivity index (χ1n) is 6.07. The van der Waals surface area contributed by atoms with Crippen LogP contribution in [0.1, 0.15) is 0 Å². The molecule has 7 nitrogen and oxygen atoms in total. The number of benzene rings is 2. The Hall–Kier alpha value is -2.93. The van der Waals surface area contributed by atoms with Crippen LogP contribution in [-0.4, -0.2) is 9.49 Å². The predicted octanol–water partition coefficient (Wildman–Crippen LogP) is 2.51. The van der Waals surface area contributed by atoms with E-state index in [2.05, 4.69) is 0 Å². The van der Waals surface area contributed by atoms with Crippen LogP contribution < -0.4 is 11.3 Å². The van der Waals surface area contributed by atoms with Crippen molar-refractivity contribution in [2.75, 3.05) is 0 Å². The number of hydrogen-bond acceptors (Lipinski definition) is 5. The highest BCUT2D eigenvalue weighted by Gasteiger charge is 2.15. The third-order valence-corrected chi connectivity index (χ3v) is 3.32. The first-order chi connectivity index (χ1) is 10.5. The van der Waals surface area contributed by atoms with E-state index in [1.807, 2.05) is 0 Å². The summed E-state index contributed by atoms with van der Waals surface area (Å²) in [6.45, 7) is 0. The first kappa shape index (κ1) is 14.0. The fourth-order valence-corrected chi connectivity index (χ4v) is 2.17. The second kappa shape index (κ2) is 5.12. The van der Waals surface area contributed by atoms with Crippen LogP contribution in [0.3, 0.4) is 0 Å². The molecule has 0 N–H and O–H groups in total. The van der Waals surface area contributed by atoms with Crippen LogP contribution in [0.2, 0.25) is 5.02 Å². The molecule has 0 fully saturated rings. The minimum absolute atomic E-state index is 0.00851. The Bertz CT molecular complexity index is 1000. The summed E-state index contributed by atoms with van der Waals surface area (Å²) in [5.74, 6) is -0.881. The smallest absolute Gasteiger partial charge is 0.409 e. The molecule has 2 aromatic carbocycles. The highest BCUT2D eigenvalue weighted by atomic mass is 35.5. The summed E-state index contributed by atoms with van der Waals surface area (Å²) in [5, 5.41) is 11.2. The van der Waals surface area contributed by atoms with E-state index in [9.17, 15) is 19.7 Å². The molecule has 0 spiro atoms.